The van der Waals surface area contributed by atoms with E-state index in [-0.39, 0.29) is 18.0 Å². The molecule has 0 aliphatic heterocycles. The Kier molecular flexibility index (Phi) is 11.4. The first-order valence-corrected chi connectivity index (χ1v) is 11.7. The van der Waals surface area contributed by atoms with Crippen LogP contribution in [-0.4, -0.2) is 24.8 Å². The van der Waals surface area contributed by atoms with Crippen molar-refractivity contribution in [2.75, 3.05) is 13.2 Å². The number of ether oxygens (including phenoxy) is 2. The fourth-order valence-corrected chi connectivity index (χ4v) is 3.26. The normalized spacial score (nSPS) is 10.6. The van der Waals surface area contributed by atoms with Gasteiger partial charge in [0.15, 0.2) is 11.6 Å². The lowest BCUT2D eigenvalue weighted by atomic mass is 10.0. The van der Waals surface area contributed by atoms with Crippen molar-refractivity contribution in [1.82, 2.24) is 0 Å². The highest BCUT2D eigenvalue weighted by atomic mass is 16.5. The van der Waals surface area contributed by atoms with Gasteiger partial charge < -0.3 is 9.47 Å². The molecule has 0 saturated carbocycles. The number of rotatable bonds is 16. The molecule has 0 N–H and O–H groups in total. The van der Waals surface area contributed by atoms with Crippen LogP contribution in [0.25, 0.3) is 0 Å². The van der Waals surface area contributed by atoms with E-state index in [2.05, 4.69) is 13.8 Å². The summed E-state index contributed by atoms with van der Waals surface area (Å²) in [6.07, 6.45) is 9.10. The number of unbranched alkanes of at least 4 members (excludes halogenated alkanes) is 6. The number of ketones is 2. The van der Waals surface area contributed by atoms with Crippen molar-refractivity contribution in [3.05, 3.63) is 59.7 Å². The van der Waals surface area contributed by atoms with Crippen molar-refractivity contribution < 1.29 is 19.1 Å². The fraction of sp³-hybridized carbons (Fsp3) is 0.481. The zero-order chi connectivity index (χ0) is 22.3. The number of Topliss-reactive ketones (excluding diaryl/α,β-unsaturated/α-hetero) is 2. The molecule has 2 rings (SSSR count). The van der Waals surface area contributed by atoms with E-state index in [1.807, 2.05) is 0 Å². The van der Waals surface area contributed by atoms with Gasteiger partial charge >= 0.3 is 0 Å². The third-order valence-electron chi connectivity index (χ3n) is 5.21. The quantitative estimate of drug-likeness (QED) is 0.164. The van der Waals surface area contributed by atoms with E-state index < -0.39 is 0 Å². The molecule has 0 unspecified atom stereocenters. The summed E-state index contributed by atoms with van der Waals surface area (Å²) in [6.45, 7) is 5.73. The highest BCUT2D eigenvalue weighted by molar-refractivity contribution is 6.13. The van der Waals surface area contributed by atoms with Gasteiger partial charge in [-0.25, -0.2) is 0 Å². The summed E-state index contributed by atoms with van der Waals surface area (Å²) in [4.78, 5) is 25.0. The third-order valence-corrected chi connectivity index (χ3v) is 5.21. The van der Waals surface area contributed by atoms with Crippen LogP contribution in [0.15, 0.2) is 48.5 Å². The van der Waals surface area contributed by atoms with E-state index in [9.17, 15) is 9.59 Å². The molecule has 0 spiro atoms. The molecule has 31 heavy (non-hydrogen) atoms. The van der Waals surface area contributed by atoms with Gasteiger partial charge in [-0.1, -0.05) is 52.4 Å². The average molecular weight is 425 g/mol. The largest absolute Gasteiger partial charge is 0.494 e. The molecule has 4 heteroatoms. The topological polar surface area (TPSA) is 52.6 Å². The summed E-state index contributed by atoms with van der Waals surface area (Å²) in [5.41, 5.74) is 1.05. The van der Waals surface area contributed by atoms with Crippen LogP contribution in [-0.2, 0) is 0 Å². The van der Waals surface area contributed by atoms with Crippen LogP contribution in [0.3, 0.4) is 0 Å². The number of carbonyl (C=O) groups excluding carboxylic acids is 2. The molecule has 0 bridgehead atoms. The Morgan fingerprint density at radius 1 is 0.581 bits per heavy atom. The first kappa shape index (κ1) is 24.6. The molecule has 168 valence electrons. The van der Waals surface area contributed by atoms with Crippen LogP contribution in [0, 0.1) is 0 Å². The van der Waals surface area contributed by atoms with Gasteiger partial charge in [0.2, 0.25) is 0 Å². The van der Waals surface area contributed by atoms with Crippen molar-refractivity contribution >= 4 is 11.6 Å². The molecule has 2 aromatic rings. The number of hydrogen-bond acceptors (Lipinski definition) is 4. The highest BCUT2D eigenvalue weighted by Gasteiger charge is 2.14. The molecule has 0 aliphatic rings. The Morgan fingerprint density at radius 2 is 0.968 bits per heavy atom. The first-order valence-electron chi connectivity index (χ1n) is 11.7. The monoisotopic (exact) mass is 424 g/mol. The maximum Gasteiger partial charge on any atom is 0.170 e. The van der Waals surface area contributed by atoms with Crippen LogP contribution in [0.2, 0.25) is 0 Å². The second-order valence-corrected chi connectivity index (χ2v) is 7.89. The van der Waals surface area contributed by atoms with Crippen LogP contribution < -0.4 is 9.47 Å². The van der Waals surface area contributed by atoms with Gasteiger partial charge in [-0.3, -0.25) is 9.59 Å². The Hall–Kier alpha value is -2.62. The second-order valence-electron chi connectivity index (χ2n) is 7.89. The van der Waals surface area contributed by atoms with E-state index in [4.69, 9.17) is 9.47 Å². The minimum absolute atomic E-state index is 0.144. The van der Waals surface area contributed by atoms with Crippen LogP contribution in [0.1, 0.15) is 92.4 Å². The Labute approximate surface area is 187 Å². The molecule has 0 aromatic heterocycles. The summed E-state index contributed by atoms with van der Waals surface area (Å²) in [5, 5.41) is 0. The van der Waals surface area contributed by atoms with Gasteiger partial charge in [-0.15, -0.1) is 0 Å². The van der Waals surface area contributed by atoms with E-state index in [1.54, 1.807) is 48.5 Å². The third kappa shape index (κ3) is 9.37. The molecule has 4 nitrogen and oxygen atoms in total. The Balaban J connectivity index is 1.77. The predicted octanol–water partition coefficient (Wildman–Crippen LogP) is 7.06. The summed E-state index contributed by atoms with van der Waals surface area (Å²) in [5.74, 6) is 1.14. The minimum atomic E-state index is -0.184. The van der Waals surface area contributed by atoms with Crippen molar-refractivity contribution in [2.45, 2.75) is 71.6 Å². The van der Waals surface area contributed by atoms with Gasteiger partial charge in [0, 0.05) is 11.1 Å². The number of benzene rings is 2. The molecule has 0 heterocycles. The van der Waals surface area contributed by atoms with E-state index in [0.29, 0.717) is 24.3 Å². The van der Waals surface area contributed by atoms with Crippen LogP contribution >= 0.6 is 0 Å². The lowest BCUT2D eigenvalue weighted by Gasteiger charge is -2.08. The molecular weight excluding hydrogens is 388 g/mol. The molecule has 0 saturated heterocycles. The molecular formula is C27H36O4. The lowest BCUT2D eigenvalue weighted by Crippen LogP contribution is -2.09. The van der Waals surface area contributed by atoms with E-state index >= 15 is 0 Å². The van der Waals surface area contributed by atoms with Gasteiger partial charge in [0.25, 0.3) is 0 Å². The van der Waals surface area contributed by atoms with Crippen molar-refractivity contribution in [1.29, 1.82) is 0 Å². The summed E-state index contributed by atoms with van der Waals surface area (Å²) >= 11 is 0. The van der Waals surface area contributed by atoms with Crippen LogP contribution in [0.5, 0.6) is 11.5 Å². The average Bonchev–Trinajstić information content (AvgIpc) is 2.79. The minimum Gasteiger partial charge on any atom is -0.494 e. The van der Waals surface area contributed by atoms with Gasteiger partial charge in [0.05, 0.1) is 19.6 Å². The lowest BCUT2D eigenvalue weighted by molar-refractivity contribution is 0.0894. The van der Waals surface area contributed by atoms with Gasteiger partial charge in [-0.2, -0.15) is 0 Å². The van der Waals surface area contributed by atoms with E-state index in [0.717, 1.165) is 24.3 Å². The molecule has 0 radical (unpaired) electrons. The molecule has 0 fully saturated rings. The second kappa shape index (κ2) is 14.4. The summed E-state index contributed by atoms with van der Waals surface area (Å²) < 4.78 is 11.4. The summed E-state index contributed by atoms with van der Waals surface area (Å²) in [7, 11) is 0. The number of hydrogen-bond donors (Lipinski definition) is 0. The standard InChI is InChI=1S/C27H36O4/c1-3-5-7-9-19-30-24-15-11-22(12-16-24)26(28)21-27(29)23-13-17-25(18-14-23)31-20-10-8-6-4-2/h11-18H,3-10,19-21H2,1-2H3. The molecule has 0 aliphatic carbocycles. The number of carbonyl (C=O) groups is 2. The maximum atomic E-state index is 12.5. The molecule has 0 atom stereocenters. The molecule has 2 aromatic carbocycles. The van der Waals surface area contributed by atoms with Gasteiger partial charge in [0.1, 0.15) is 11.5 Å². The highest BCUT2D eigenvalue weighted by Crippen LogP contribution is 2.17. The van der Waals surface area contributed by atoms with Gasteiger partial charge in [-0.05, 0) is 61.4 Å². The van der Waals surface area contributed by atoms with Crippen LogP contribution in [0.4, 0.5) is 0 Å². The maximum absolute atomic E-state index is 12.5. The molecule has 0 amide bonds. The fourth-order valence-electron chi connectivity index (χ4n) is 3.26. The Morgan fingerprint density at radius 3 is 1.32 bits per heavy atom. The van der Waals surface area contributed by atoms with Crippen molar-refractivity contribution in [3.8, 4) is 11.5 Å². The Bertz CT molecular complexity index is 710. The zero-order valence-corrected chi connectivity index (χ0v) is 19.0. The van der Waals surface area contributed by atoms with E-state index in [1.165, 1.54) is 38.5 Å². The van der Waals surface area contributed by atoms with Crippen molar-refractivity contribution in [3.63, 3.8) is 0 Å². The zero-order valence-electron chi connectivity index (χ0n) is 19.0. The smallest absolute Gasteiger partial charge is 0.170 e. The SMILES string of the molecule is CCCCCCOc1ccc(C(=O)CC(=O)c2ccc(OCCCCCC)cc2)cc1. The van der Waals surface area contributed by atoms with Crippen molar-refractivity contribution in [2.24, 2.45) is 0 Å². The predicted molar refractivity (Wildman–Crippen MR) is 125 cm³/mol. The first-order chi connectivity index (χ1) is 15.1. The summed E-state index contributed by atoms with van der Waals surface area (Å²) in [6, 6.07) is 14.1.